The van der Waals surface area contributed by atoms with Crippen LogP contribution in [0.1, 0.15) is 6.92 Å². The van der Waals surface area contributed by atoms with Crippen molar-refractivity contribution in [1.29, 1.82) is 0 Å². The predicted octanol–water partition coefficient (Wildman–Crippen LogP) is -0.311. The van der Waals surface area contributed by atoms with Crippen LogP contribution in [0.15, 0.2) is 18.5 Å². The summed E-state index contributed by atoms with van der Waals surface area (Å²) in [5.41, 5.74) is 0.743. The van der Waals surface area contributed by atoms with Crippen molar-refractivity contribution in [2.45, 2.75) is 6.92 Å². The quantitative estimate of drug-likeness (QED) is 0.778. The van der Waals surface area contributed by atoms with Crippen molar-refractivity contribution in [1.82, 2.24) is 25.1 Å². The molecule has 106 valence electrons. The lowest BCUT2D eigenvalue weighted by molar-refractivity contribution is -0.125. The van der Waals surface area contributed by atoms with Gasteiger partial charge in [-0.05, 0) is 12.1 Å². The molecule has 8 nitrogen and oxygen atoms in total. The third-order valence-corrected chi connectivity index (χ3v) is 3.21. The Morgan fingerprint density at radius 3 is 3.10 bits per heavy atom. The molecule has 1 fully saturated rings. The monoisotopic (exact) mass is 276 g/mol. The zero-order valence-electron chi connectivity index (χ0n) is 11.2. The summed E-state index contributed by atoms with van der Waals surface area (Å²) < 4.78 is 6.69. The van der Waals surface area contributed by atoms with Crippen molar-refractivity contribution < 1.29 is 9.53 Å². The molecule has 2 aromatic heterocycles. The second kappa shape index (κ2) is 5.04. The highest BCUT2D eigenvalue weighted by Gasteiger charge is 2.33. The largest absolute Gasteiger partial charge is 0.380 e. The number of fused-ring (bicyclic) bond motifs is 1. The Morgan fingerprint density at radius 2 is 2.35 bits per heavy atom. The number of carbonyl (C=O) groups excluding carboxylic acids is 1. The van der Waals surface area contributed by atoms with Gasteiger partial charge in [-0.1, -0.05) is 6.92 Å². The Morgan fingerprint density at radius 1 is 1.50 bits per heavy atom. The molecule has 3 rings (SSSR count). The maximum absolute atomic E-state index is 11.7. The summed E-state index contributed by atoms with van der Waals surface area (Å²) in [6.07, 6.45) is 1.51. The van der Waals surface area contributed by atoms with Crippen molar-refractivity contribution >= 4 is 17.4 Å². The fourth-order valence-corrected chi connectivity index (χ4v) is 1.92. The Bertz CT molecular complexity index is 621. The van der Waals surface area contributed by atoms with Gasteiger partial charge in [-0.2, -0.15) is 4.52 Å². The van der Waals surface area contributed by atoms with E-state index in [2.05, 4.69) is 32.9 Å². The van der Waals surface area contributed by atoms with Crippen LogP contribution in [0.25, 0.3) is 5.65 Å². The summed E-state index contributed by atoms with van der Waals surface area (Å²) >= 11 is 0. The lowest BCUT2D eigenvalue weighted by atomic mass is 9.89. The molecular formula is C12H16N6O2. The zero-order valence-corrected chi connectivity index (χ0v) is 11.2. The van der Waals surface area contributed by atoms with Crippen LogP contribution in [0, 0.1) is 5.41 Å². The Kier molecular flexibility index (Phi) is 3.23. The molecule has 0 bridgehead atoms. The number of hydrogen-bond acceptors (Lipinski definition) is 6. The SMILES string of the molecule is CC1(CNC(=O)CNc2ccc3nncn3n2)COC1. The van der Waals surface area contributed by atoms with E-state index >= 15 is 0 Å². The molecule has 0 atom stereocenters. The summed E-state index contributed by atoms with van der Waals surface area (Å²) in [5, 5.41) is 17.7. The van der Waals surface area contributed by atoms with Gasteiger partial charge in [0.15, 0.2) is 5.65 Å². The molecule has 0 aliphatic carbocycles. The van der Waals surface area contributed by atoms with Crippen LogP contribution in [0.2, 0.25) is 0 Å². The van der Waals surface area contributed by atoms with Crippen LogP contribution < -0.4 is 10.6 Å². The minimum Gasteiger partial charge on any atom is -0.380 e. The molecule has 2 aromatic rings. The highest BCUT2D eigenvalue weighted by atomic mass is 16.5. The highest BCUT2D eigenvalue weighted by Crippen LogP contribution is 2.24. The van der Waals surface area contributed by atoms with Gasteiger partial charge in [-0.3, -0.25) is 4.79 Å². The summed E-state index contributed by atoms with van der Waals surface area (Å²) in [6, 6.07) is 3.55. The third-order valence-electron chi connectivity index (χ3n) is 3.21. The third kappa shape index (κ3) is 2.69. The van der Waals surface area contributed by atoms with Crippen molar-refractivity contribution in [3.8, 4) is 0 Å². The average molecular weight is 276 g/mol. The molecule has 1 saturated heterocycles. The fourth-order valence-electron chi connectivity index (χ4n) is 1.92. The highest BCUT2D eigenvalue weighted by molar-refractivity contribution is 5.80. The van der Waals surface area contributed by atoms with E-state index in [9.17, 15) is 4.79 Å². The number of aromatic nitrogens is 4. The van der Waals surface area contributed by atoms with Gasteiger partial charge in [0.1, 0.15) is 12.1 Å². The first-order valence-corrected chi connectivity index (χ1v) is 6.40. The van der Waals surface area contributed by atoms with Crippen LogP contribution in [-0.4, -0.2) is 52.0 Å². The van der Waals surface area contributed by atoms with Crippen molar-refractivity contribution in [3.63, 3.8) is 0 Å². The molecule has 2 N–H and O–H groups in total. The van der Waals surface area contributed by atoms with Crippen LogP contribution >= 0.6 is 0 Å². The molecule has 0 spiro atoms. The molecule has 0 radical (unpaired) electrons. The number of nitrogens with zero attached hydrogens (tertiary/aromatic N) is 4. The zero-order chi connectivity index (χ0) is 14.0. The molecular weight excluding hydrogens is 260 g/mol. The van der Waals surface area contributed by atoms with E-state index in [1.54, 1.807) is 16.6 Å². The van der Waals surface area contributed by atoms with E-state index in [4.69, 9.17) is 4.74 Å². The molecule has 0 unspecified atom stereocenters. The molecule has 0 aromatic carbocycles. The Hall–Kier alpha value is -2.22. The molecule has 8 heteroatoms. The first-order chi connectivity index (χ1) is 9.65. The van der Waals surface area contributed by atoms with Gasteiger partial charge in [-0.25, -0.2) is 0 Å². The van der Waals surface area contributed by atoms with Gasteiger partial charge in [0.05, 0.1) is 19.8 Å². The van der Waals surface area contributed by atoms with E-state index in [0.717, 1.165) is 0 Å². The van der Waals surface area contributed by atoms with Crippen LogP contribution in [-0.2, 0) is 9.53 Å². The molecule has 20 heavy (non-hydrogen) atoms. The molecule has 1 amide bonds. The maximum atomic E-state index is 11.7. The van der Waals surface area contributed by atoms with Gasteiger partial charge in [0.25, 0.3) is 0 Å². The van der Waals surface area contributed by atoms with Crippen LogP contribution in [0.4, 0.5) is 5.82 Å². The number of rotatable bonds is 5. The van der Waals surface area contributed by atoms with E-state index in [0.29, 0.717) is 31.2 Å². The normalized spacial score (nSPS) is 16.6. The fraction of sp³-hybridized carbons (Fsp3) is 0.500. The summed E-state index contributed by atoms with van der Waals surface area (Å²) in [7, 11) is 0. The molecule has 1 aliphatic rings. The maximum Gasteiger partial charge on any atom is 0.239 e. The van der Waals surface area contributed by atoms with Crippen molar-refractivity contribution in [2.24, 2.45) is 5.41 Å². The summed E-state index contributed by atoms with van der Waals surface area (Å²) in [4.78, 5) is 11.7. The number of nitrogens with one attached hydrogen (secondary N) is 2. The second-order valence-electron chi connectivity index (χ2n) is 5.29. The first-order valence-electron chi connectivity index (χ1n) is 6.40. The van der Waals surface area contributed by atoms with Crippen LogP contribution in [0.3, 0.4) is 0 Å². The smallest absolute Gasteiger partial charge is 0.239 e. The first kappa shape index (κ1) is 12.8. The van der Waals surface area contributed by atoms with E-state index < -0.39 is 0 Å². The lowest BCUT2D eigenvalue weighted by Gasteiger charge is -2.38. The molecule has 1 aliphatic heterocycles. The van der Waals surface area contributed by atoms with Gasteiger partial charge >= 0.3 is 0 Å². The van der Waals surface area contributed by atoms with E-state index in [1.807, 2.05) is 0 Å². The minimum atomic E-state index is -0.0659. The number of hydrogen-bond donors (Lipinski definition) is 2. The predicted molar refractivity (Wildman–Crippen MR) is 71.2 cm³/mol. The van der Waals surface area contributed by atoms with Crippen molar-refractivity contribution in [2.75, 3.05) is 31.6 Å². The van der Waals surface area contributed by atoms with Gasteiger partial charge in [0, 0.05) is 12.0 Å². The lowest BCUT2D eigenvalue weighted by Crippen LogP contribution is -2.49. The van der Waals surface area contributed by atoms with Crippen molar-refractivity contribution in [3.05, 3.63) is 18.5 Å². The number of amides is 1. The number of carbonyl (C=O) groups is 1. The van der Waals surface area contributed by atoms with Gasteiger partial charge in [-0.15, -0.1) is 15.3 Å². The second-order valence-corrected chi connectivity index (χ2v) is 5.29. The summed E-state index contributed by atoms with van der Waals surface area (Å²) in [6.45, 7) is 4.30. The summed E-state index contributed by atoms with van der Waals surface area (Å²) in [5.74, 6) is 0.536. The average Bonchev–Trinajstić information content (AvgIpc) is 2.88. The van der Waals surface area contributed by atoms with Gasteiger partial charge < -0.3 is 15.4 Å². The minimum absolute atomic E-state index is 0.0659. The van der Waals surface area contributed by atoms with E-state index in [1.165, 1.54) is 6.33 Å². The van der Waals surface area contributed by atoms with Crippen LogP contribution in [0.5, 0.6) is 0 Å². The van der Waals surface area contributed by atoms with Gasteiger partial charge in [0.2, 0.25) is 5.91 Å². The molecule has 0 saturated carbocycles. The van der Waals surface area contributed by atoms with E-state index in [-0.39, 0.29) is 17.9 Å². The molecule has 3 heterocycles. The standard InChI is InChI=1S/C12H16N6O2/c1-12(6-20-7-12)5-14-11(19)4-13-9-2-3-10-16-15-8-18(10)17-9/h2-3,8H,4-7H2,1H3,(H,13,17)(H,14,19). The Labute approximate surface area is 115 Å². The Balaban J connectivity index is 1.49. The topological polar surface area (TPSA) is 93.4 Å². The number of ether oxygens (including phenoxy) is 1. The number of anilines is 1.